The molecule has 1 atom stereocenters. The average Bonchev–Trinajstić information content (AvgIpc) is 2.58. The molecule has 0 aliphatic heterocycles. The molecule has 1 amide bonds. The average molecular weight is 400 g/mol. The molecule has 0 radical (unpaired) electrons. The quantitative estimate of drug-likeness (QED) is 0.615. The van der Waals surface area contributed by atoms with Crippen molar-refractivity contribution in [3.05, 3.63) is 29.3 Å². The van der Waals surface area contributed by atoms with Crippen LogP contribution in [0.5, 0.6) is 0 Å². The molecule has 0 aromatic heterocycles. The SMILES string of the molecule is CCOC(=O)NC(CNS(=O)(=O)c1ccc(C(=O)OC)cc1C)CC(C)C. The van der Waals surface area contributed by atoms with E-state index in [-0.39, 0.29) is 29.5 Å². The molecule has 0 fully saturated rings. The Bertz CT molecular complexity index is 761. The van der Waals surface area contributed by atoms with E-state index in [9.17, 15) is 18.0 Å². The lowest BCUT2D eigenvalue weighted by molar-refractivity contribution is 0.0600. The molecule has 0 aliphatic carbocycles. The normalized spacial score (nSPS) is 12.5. The van der Waals surface area contributed by atoms with Crippen LogP contribution >= 0.6 is 0 Å². The number of amides is 1. The number of rotatable bonds is 9. The van der Waals surface area contributed by atoms with Gasteiger partial charge in [0.15, 0.2) is 0 Å². The van der Waals surface area contributed by atoms with Crippen LogP contribution in [0.2, 0.25) is 0 Å². The van der Waals surface area contributed by atoms with Gasteiger partial charge in [-0.15, -0.1) is 0 Å². The summed E-state index contributed by atoms with van der Waals surface area (Å²) in [6, 6.07) is 3.81. The van der Waals surface area contributed by atoms with Crippen LogP contribution in [0.1, 0.15) is 43.1 Å². The van der Waals surface area contributed by atoms with Crippen LogP contribution in [-0.2, 0) is 19.5 Å². The van der Waals surface area contributed by atoms with E-state index in [0.717, 1.165) is 0 Å². The van der Waals surface area contributed by atoms with Crippen LogP contribution in [0.15, 0.2) is 23.1 Å². The van der Waals surface area contributed by atoms with Gasteiger partial charge in [0.1, 0.15) is 0 Å². The van der Waals surface area contributed by atoms with E-state index in [1.807, 2.05) is 13.8 Å². The summed E-state index contributed by atoms with van der Waals surface area (Å²) in [4.78, 5) is 23.3. The number of aryl methyl sites for hydroxylation is 1. The lowest BCUT2D eigenvalue weighted by Gasteiger charge is -2.21. The van der Waals surface area contributed by atoms with Crippen molar-refractivity contribution in [2.75, 3.05) is 20.3 Å². The van der Waals surface area contributed by atoms with Crippen molar-refractivity contribution < 1.29 is 27.5 Å². The highest BCUT2D eigenvalue weighted by atomic mass is 32.2. The van der Waals surface area contributed by atoms with Gasteiger partial charge in [-0.1, -0.05) is 13.8 Å². The van der Waals surface area contributed by atoms with E-state index in [4.69, 9.17) is 4.74 Å². The number of nitrogens with one attached hydrogen (secondary N) is 2. The summed E-state index contributed by atoms with van der Waals surface area (Å²) in [6.07, 6.45) is 0.00247. The van der Waals surface area contributed by atoms with E-state index in [2.05, 4.69) is 14.8 Å². The highest BCUT2D eigenvalue weighted by Crippen LogP contribution is 2.17. The molecule has 0 aliphatic rings. The van der Waals surface area contributed by atoms with Crippen LogP contribution in [0.4, 0.5) is 4.79 Å². The number of alkyl carbamates (subject to hydrolysis) is 1. The van der Waals surface area contributed by atoms with E-state index >= 15 is 0 Å². The second kappa shape index (κ2) is 10.3. The molecule has 27 heavy (non-hydrogen) atoms. The minimum Gasteiger partial charge on any atom is -0.465 e. The van der Waals surface area contributed by atoms with Crippen LogP contribution < -0.4 is 10.0 Å². The number of hydrogen-bond acceptors (Lipinski definition) is 6. The predicted molar refractivity (Wildman–Crippen MR) is 101 cm³/mol. The first-order valence-electron chi connectivity index (χ1n) is 8.72. The van der Waals surface area contributed by atoms with Crippen molar-refractivity contribution in [2.24, 2.45) is 5.92 Å². The number of esters is 1. The number of ether oxygens (including phenoxy) is 2. The first-order chi connectivity index (χ1) is 12.6. The molecular formula is C18H28N2O6S. The third kappa shape index (κ3) is 7.18. The molecule has 2 N–H and O–H groups in total. The Hall–Kier alpha value is -2.13. The van der Waals surface area contributed by atoms with Crippen molar-refractivity contribution >= 4 is 22.1 Å². The zero-order valence-corrected chi connectivity index (χ0v) is 17.2. The molecule has 1 unspecified atom stereocenters. The van der Waals surface area contributed by atoms with Gasteiger partial charge >= 0.3 is 12.1 Å². The van der Waals surface area contributed by atoms with E-state index < -0.39 is 28.1 Å². The van der Waals surface area contributed by atoms with Crippen molar-refractivity contribution in [1.29, 1.82) is 0 Å². The minimum atomic E-state index is -3.81. The second-order valence-corrected chi connectivity index (χ2v) is 8.25. The first kappa shape index (κ1) is 22.9. The maximum Gasteiger partial charge on any atom is 0.407 e. The Morgan fingerprint density at radius 2 is 1.89 bits per heavy atom. The van der Waals surface area contributed by atoms with Gasteiger partial charge in [0.25, 0.3) is 0 Å². The highest BCUT2D eigenvalue weighted by Gasteiger charge is 2.22. The minimum absolute atomic E-state index is 0.0253. The van der Waals surface area contributed by atoms with Crippen LogP contribution in [0.25, 0.3) is 0 Å². The molecule has 1 aromatic carbocycles. The fourth-order valence-electron chi connectivity index (χ4n) is 2.59. The topological polar surface area (TPSA) is 111 Å². The number of hydrogen-bond donors (Lipinski definition) is 2. The van der Waals surface area contributed by atoms with Crippen molar-refractivity contribution in [3.8, 4) is 0 Å². The molecule has 0 spiro atoms. The Balaban J connectivity index is 2.90. The van der Waals surface area contributed by atoms with Gasteiger partial charge in [0, 0.05) is 12.6 Å². The Morgan fingerprint density at radius 3 is 2.41 bits per heavy atom. The van der Waals surface area contributed by atoms with Gasteiger partial charge in [-0.3, -0.25) is 0 Å². The molecule has 0 saturated heterocycles. The molecule has 1 aromatic rings. The summed E-state index contributed by atoms with van der Waals surface area (Å²) in [6.45, 7) is 7.51. The van der Waals surface area contributed by atoms with Gasteiger partial charge in [-0.2, -0.15) is 0 Å². The Kier molecular flexibility index (Phi) is 8.71. The summed E-state index contributed by atoms with van der Waals surface area (Å²) < 4.78 is 37.3. The lowest BCUT2D eigenvalue weighted by atomic mass is 10.0. The number of methoxy groups -OCH3 is 1. The van der Waals surface area contributed by atoms with E-state index in [0.29, 0.717) is 12.0 Å². The molecule has 1 rings (SSSR count). The monoisotopic (exact) mass is 400 g/mol. The summed E-state index contributed by atoms with van der Waals surface area (Å²) in [7, 11) is -2.55. The van der Waals surface area contributed by atoms with Gasteiger partial charge in [0.05, 0.1) is 24.2 Å². The first-order valence-corrected chi connectivity index (χ1v) is 10.2. The standard InChI is InChI=1S/C18H28N2O6S/c1-6-26-18(22)20-15(9-12(2)3)11-19-27(23,24)16-8-7-14(10-13(16)4)17(21)25-5/h7-8,10,12,15,19H,6,9,11H2,1-5H3,(H,20,22). The molecule has 0 bridgehead atoms. The van der Waals surface area contributed by atoms with Crippen molar-refractivity contribution in [3.63, 3.8) is 0 Å². The van der Waals surface area contributed by atoms with Gasteiger partial charge in [0.2, 0.25) is 10.0 Å². The zero-order chi connectivity index (χ0) is 20.6. The predicted octanol–water partition coefficient (Wildman–Crippen LogP) is 2.22. The number of sulfonamides is 1. The molecule has 9 heteroatoms. The molecule has 0 saturated carbocycles. The number of carbonyl (C=O) groups is 2. The van der Waals surface area contributed by atoms with Crippen molar-refractivity contribution in [2.45, 2.75) is 45.1 Å². The van der Waals surface area contributed by atoms with E-state index in [1.54, 1.807) is 13.8 Å². The van der Waals surface area contributed by atoms with Gasteiger partial charge in [-0.25, -0.2) is 22.7 Å². The zero-order valence-electron chi connectivity index (χ0n) is 16.4. The molecule has 152 valence electrons. The lowest BCUT2D eigenvalue weighted by Crippen LogP contribution is -2.44. The summed E-state index contributed by atoms with van der Waals surface area (Å²) in [5.41, 5.74) is 0.694. The van der Waals surface area contributed by atoms with Gasteiger partial charge in [-0.05, 0) is 49.9 Å². The fraction of sp³-hybridized carbons (Fsp3) is 0.556. The Labute approximate surface area is 160 Å². The van der Waals surface area contributed by atoms with Gasteiger partial charge < -0.3 is 14.8 Å². The second-order valence-electron chi connectivity index (χ2n) is 6.52. The Morgan fingerprint density at radius 1 is 1.22 bits per heavy atom. The smallest absolute Gasteiger partial charge is 0.407 e. The number of carbonyl (C=O) groups excluding carboxylic acids is 2. The van der Waals surface area contributed by atoms with Crippen molar-refractivity contribution in [1.82, 2.24) is 10.0 Å². The van der Waals surface area contributed by atoms with Crippen LogP contribution in [0, 0.1) is 12.8 Å². The highest BCUT2D eigenvalue weighted by molar-refractivity contribution is 7.89. The van der Waals surface area contributed by atoms with Crippen LogP contribution in [0.3, 0.4) is 0 Å². The summed E-state index contributed by atoms with van der Waals surface area (Å²) in [5, 5.41) is 2.67. The number of benzene rings is 1. The maximum atomic E-state index is 12.6. The largest absolute Gasteiger partial charge is 0.465 e. The molecular weight excluding hydrogens is 372 g/mol. The maximum absolute atomic E-state index is 12.6. The van der Waals surface area contributed by atoms with E-state index in [1.165, 1.54) is 25.3 Å². The fourth-order valence-corrected chi connectivity index (χ4v) is 3.89. The summed E-state index contributed by atoms with van der Waals surface area (Å²) >= 11 is 0. The third-order valence-electron chi connectivity index (χ3n) is 3.76. The van der Waals surface area contributed by atoms with Crippen LogP contribution in [-0.4, -0.2) is 46.8 Å². The molecule has 8 nitrogen and oxygen atoms in total. The molecule has 0 heterocycles. The summed E-state index contributed by atoms with van der Waals surface area (Å²) in [5.74, 6) is -0.284. The third-order valence-corrected chi connectivity index (χ3v) is 5.34.